The summed E-state index contributed by atoms with van der Waals surface area (Å²) in [6, 6.07) is 18.1. The molecular weight excluding hydrogens is 378 g/mol. The van der Waals surface area contributed by atoms with Gasteiger partial charge < -0.3 is 14.8 Å². The van der Waals surface area contributed by atoms with Crippen LogP contribution in [0.2, 0.25) is 0 Å². The van der Waals surface area contributed by atoms with Gasteiger partial charge in [0.15, 0.2) is 11.5 Å². The number of likely N-dealkylation sites (N-methyl/N-ethyl adjacent to an activating group) is 1. The lowest BCUT2D eigenvalue weighted by atomic mass is 10.00. The van der Waals surface area contributed by atoms with Crippen LogP contribution in [0.4, 0.5) is 0 Å². The monoisotopic (exact) mass is 407 g/mol. The van der Waals surface area contributed by atoms with Crippen molar-refractivity contribution in [3.63, 3.8) is 0 Å². The summed E-state index contributed by atoms with van der Waals surface area (Å²) in [6.07, 6.45) is 3.45. The standard InChI is InChI=1S/C24H29N3O3/c1-27(16-23(28)26-24(18-25)12-6-7-13-24)15-20-10-11-21(22(14-20)29-2)30-17-19-8-4-3-5-9-19/h3-5,8-11,14H,6-7,12-13,15-17H2,1-2H3,(H,26,28). The van der Waals surface area contributed by atoms with E-state index < -0.39 is 5.54 Å². The number of amides is 1. The Hall–Kier alpha value is -3.04. The third-order valence-corrected chi connectivity index (χ3v) is 5.38. The van der Waals surface area contributed by atoms with Crippen molar-refractivity contribution >= 4 is 5.91 Å². The Morgan fingerprint density at radius 2 is 1.87 bits per heavy atom. The lowest BCUT2D eigenvalue weighted by Gasteiger charge is -2.24. The Labute approximate surface area is 178 Å². The van der Waals surface area contributed by atoms with Gasteiger partial charge >= 0.3 is 0 Å². The number of ether oxygens (including phenoxy) is 2. The molecule has 6 heteroatoms. The predicted molar refractivity (Wildman–Crippen MR) is 115 cm³/mol. The van der Waals surface area contributed by atoms with E-state index in [-0.39, 0.29) is 12.5 Å². The number of benzene rings is 2. The van der Waals surface area contributed by atoms with Crippen molar-refractivity contribution in [3.05, 3.63) is 59.7 Å². The molecule has 6 nitrogen and oxygen atoms in total. The number of carbonyl (C=O) groups excluding carboxylic acids is 1. The predicted octanol–water partition coefficient (Wildman–Crippen LogP) is 3.66. The van der Waals surface area contributed by atoms with E-state index in [2.05, 4.69) is 11.4 Å². The topological polar surface area (TPSA) is 74.6 Å². The molecule has 158 valence electrons. The van der Waals surface area contributed by atoms with Gasteiger partial charge in [-0.2, -0.15) is 5.26 Å². The van der Waals surface area contributed by atoms with Gasteiger partial charge in [0.1, 0.15) is 12.1 Å². The van der Waals surface area contributed by atoms with Gasteiger partial charge in [0.25, 0.3) is 0 Å². The average Bonchev–Trinajstić information content (AvgIpc) is 3.22. The minimum Gasteiger partial charge on any atom is -0.493 e. The molecule has 1 amide bonds. The van der Waals surface area contributed by atoms with Crippen molar-refractivity contribution in [3.8, 4) is 17.6 Å². The van der Waals surface area contributed by atoms with Crippen LogP contribution in [0.1, 0.15) is 36.8 Å². The first-order valence-electron chi connectivity index (χ1n) is 10.3. The average molecular weight is 408 g/mol. The van der Waals surface area contributed by atoms with E-state index in [4.69, 9.17) is 9.47 Å². The molecule has 1 fully saturated rings. The number of hydrogen-bond donors (Lipinski definition) is 1. The summed E-state index contributed by atoms with van der Waals surface area (Å²) < 4.78 is 11.4. The maximum Gasteiger partial charge on any atom is 0.235 e. The lowest BCUT2D eigenvalue weighted by molar-refractivity contribution is -0.123. The molecule has 1 N–H and O–H groups in total. The van der Waals surface area contributed by atoms with Gasteiger partial charge in [-0.3, -0.25) is 9.69 Å². The van der Waals surface area contributed by atoms with Gasteiger partial charge in [-0.1, -0.05) is 36.4 Å². The van der Waals surface area contributed by atoms with Crippen molar-refractivity contribution in [2.75, 3.05) is 20.7 Å². The van der Waals surface area contributed by atoms with E-state index >= 15 is 0 Å². The maximum atomic E-state index is 12.4. The Kier molecular flexibility index (Phi) is 7.31. The highest BCUT2D eigenvalue weighted by Gasteiger charge is 2.35. The van der Waals surface area contributed by atoms with E-state index in [9.17, 15) is 10.1 Å². The summed E-state index contributed by atoms with van der Waals surface area (Å²) in [5, 5.41) is 12.4. The van der Waals surface area contributed by atoms with Crippen LogP contribution in [0.25, 0.3) is 0 Å². The molecule has 2 aromatic carbocycles. The zero-order chi connectivity index (χ0) is 21.4. The van der Waals surface area contributed by atoms with Gasteiger partial charge in [0.2, 0.25) is 5.91 Å². The Morgan fingerprint density at radius 1 is 1.13 bits per heavy atom. The van der Waals surface area contributed by atoms with Crippen LogP contribution in [0, 0.1) is 11.3 Å². The summed E-state index contributed by atoms with van der Waals surface area (Å²) in [7, 11) is 3.51. The second kappa shape index (κ2) is 10.1. The number of nitrogens with zero attached hydrogens (tertiary/aromatic N) is 2. The van der Waals surface area contributed by atoms with Crippen molar-refractivity contribution in [2.24, 2.45) is 0 Å². The fraction of sp³-hybridized carbons (Fsp3) is 0.417. The van der Waals surface area contributed by atoms with Crippen LogP contribution in [-0.4, -0.2) is 37.0 Å². The first kappa shape index (κ1) is 21.7. The number of nitrogens with one attached hydrogen (secondary N) is 1. The molecule has 30 heavy (non-hydrogen) atoms. The Balaban J connectivity index is 1.55. The SMILES string of the molecule is COc1cc(CN(C)CC(=O)NC2(C#N)CCCC2)ccc1OCc1ccccc1. The summed E-state index contributed by atoms with van der Waals surface area (Å²) in [5.41, 5.74) is 1.43. The zero-order valence-corrected chi connectivity index (χ0v) is 17.7. The van der Waals surface area contributed by atoms with Crippen molar-refractivity contribution in [1.29, 1.82) is 5.26 Å². The molecule has 1 saturated carbocycles. The van der Waals surface area contributed by atoms with Gasteiger partial charge in [-0.15, -0.1) is 0 Å². The Morgan fingerprint density at radius 3 is 2.53 bits per heavy atom. The van der Waals surface area contributed by atoms with Crippen molar-refractivity contribution in [2.45, 2.75) is 44.4 Å². The summed E-state index contributed by atoms with van der Waals surface area (Å²) in [6.45, 7) is 1.29. The van der Waals surface area contributed by atoms with Crippen LogP contribution < -0.4 is 14.8 Å². The molecule has 0 aromatic heterocycles. The van der Waals surface area contributed by atoms with Crippen LogP contribution >= 0.6 is 0 Å². The second-order valence-electron chi connectivity index (χ2n) is 7.88. The first-order chi connectivity index (χ1) is 14.5. The molecule has 0 radical (unpaired) electrons. The van der Waals surface area contributed by atoms with E-state index in [1.807, 2.05) is 60.5 Å². The lowest BCUT2D eigenvalue weighted by Crippen LogP contribution is -2.48. The molecule has 1 aliphatic carbocycles. The van der Waals surface area contributed by atoms with Gasteiger partial charge in [0, 0.05) is 6.54 Å². The fourth-order valence-corrected chi connectivity index (χ4v) is 3.83. The van der Waals surface area contributed by atoms with Gasteiger partial charge in [-0.25, -0.2) is 0 Å². The summed E-state index contributed by atoms with van der Waals surface area (Å²) >= 11 is 0. The van der Waals surface area contributed by atoms with Gasteiger partial charge in [0.05, 0.1) is 19.7 Å². The normalized spacial score (nSPS) is 14.9. The molecule has 0 saturated heterocycles. The van der Waals surface area contributed by atoms with Crippen LogP contribution in [0.3, 0.4) is 0 Å². The summed E-state index contributed by atoms with van der Waals surface area (Å²) in [4.78, 5) is 14.3. The van der Waals surface area contributed by atoms with E-state index in [0.717, 1.165) is 36.8 Å². The molecule has 1 aliphatic rings. The third kappa shape index (κ3) is 5.74. The molecular formula is C24H29N3O3. The molecule has 0 heterocycles. The number of hydrogen-bond acceptors (Lipinski definition) is 5. The van der Waals surface area contributed by atoms with Crippen molar-refractivity contribution < 1.29 is 14.3 Å². The number of rotatable bonds is 9. The van der Waals surface area contributed by atoms with Crippen LogP contribution in [0.5, 0.6) is 11.5 Å². The van der Waals surface area contributed by atoms with Crippen LogP contribution in [0.15, 0.2) is 48.5 Å². The molecule has 0 spiro atoms. The smallest absolute Gasteiger partial charge is 0.235 e. The highest BCUT2D eigenvalue weighted by Crippen LogP contribution is 2.30. The Bertz CT molecular complexity index is 886. The number of carbonyl (C=O) groups is 1. The molecule has 0 aliphatic heterocycles. The molecule has 0 bridgehead atoms. The summed E-state index contributed by atoms with van der Waals surface area (Å²) in [5.74, 6) is 1.23. The van der Waals surface area contributed by atoms with Crippen molar-refractivity contribution in [1.82, 2.24) is 10.2 Å². The first-order valence-corrected chi connectivity index (χ1v) is 10.3. The van der Waals surface area contributed by atoms with E-state index in [0.29, 0.717) is 24.7 Å². The maximum absolute atomic E-state index is 12.4. The molecule has 0 unspecified atom stereocenters. The highest BCUT2D eigenvalue weighted by molar-refractivity contribution is 5.79. The number of nitriles is 1. The quantitative estimate of drug-likeness (QED) is 0.687. The number of methoxy groups -OCH3 is 1. The molecule has 3 rings (SSSR count). The minimum atomic E-state index is -0.682. The molecule has 2 aromatic rings. The second-order valence-corrected chi connectivity index (χ2v) is 7.88. The largest absolute Gasteiger partial charge is 0.493 e. The highest BCUT2D eigenvalue weighted by atomic mass is 16.5. The third-order valence-electron chi connectivity index (χ3n) is 5.38. The van der Waals surface area contributed by atoms with E-state index in [1.165, 1.54) is 0 Å². The van der Waals surface area contributed by atoms with Crippen LogP contribution in [-0.2, 0) is 17.9 Å². The van der Waals surface area contributed by atoms with Gasteiger partial charge in [-0.05, 0) is 56.0 Å². The zero-order valence-electron chi connectivity index (χ0n) is 17.7. The van der Waals surface area contributed by atoms with E-state index in [1.54, 1.807) is 7.11 Å². The fourth-order valence-electron chi connectivity index (χ4n) is 3.83. The minimum absolute atomic E-state index is 0.115. The molecule has 0 atom stereocenters.